The molecule has 6 atom stereocenters. The van der Waals surface area contributed by atoms with Crippen molar-refractivity contribution in [2.45, 2.75) is 185 Å². The van der Waals surface area contributed by atoms with Crippen LogP contribution < -0.4 is 0 Å². The third-order valence-electron chi connectivity index (χ3n) is 9.57. The first-order valence-corrected chi connectivity index (χ1v) is 22.4. The molecule has 1 N–H and O–H groups in total. The second-order valence-corrected chi connectivity index (χ2v) is 15.8. The maximum absolute atomic E-state index is 13.8. The zero-order chi connectivity index (χ0) is 38.8. The molecule has 10 nitrogen and oxygen atoms in total. The molecule has 53 heavy (non-hydrogen) atoms. The number of rotatable bonds is 38. The van der Waals surface area contributed by atoms with Crippen molar-refractivity contribution in [3.63, 3.8) is 0 Å². The normalized spacial score (nSPS) is 21.3. The molecule has 1 aliphatic heterocycles. The number of phosphoric acid groups is 1. The lowest BCUT2D eigenvalue weighted by atomic mass is 9.98. The molecule has 0 aromatic rings. The molecule has 1 rings (SSSR count). The highest BCUT2D eigenvalue weighted by Gasteiger charge is 2.51. The van der Waals surface area contributed by atoms with Crippen molar-refractivity contribution in [3.8, 4) is 0 Å². The Hall–Kier alpha value is -0.910. The number of hydrogen-bond donors (Lipinski definition) is 1. The lowest BCUT2D eigenvalue weighted by Crippen LogP contribution is -2.61. The van der Waals surface area contributed by atoms with Crippen LogP contribution in [0.1, 0.15) is 149 Å². The van der Waals surface area contributed by atoms with Crippen molar-refractivity contribution in [2.75, 3.05) is 47.3 Å². The van der Waals surface area contributed by atoms with Gasteiger partial charge >= 0.3 is 7.82 Å². The lowest BCUT2D eigenvalue weighted by molar-refractivity contribution is -0.302. The summed E-state index contributed by atoms with van der Waals surface area (Å²) in [6, 6.07) is 0. The van der Waals surface area contributed by atoms with Gasteiger partial charge in [0.25, 0.3) is 0 Å². The van der Waals surface area contributed by atoms with Gasteiger partial charge in [0, 0.05) is 27.4 Å². The maximum atomic E-state index is 13.8. The number of aliphatic hydroxyl groups is 1. The van der Waals surface area contributed by atoms with E-state index < -0.39 is 38.5 Å². The maximum Gasteiger partial charge on any atom is 0.475 e. The Bertz CT molecular complexity index is 918. The molecule has 11 heteroatoms. The summed E-state index contributed by atoms with van der Waals surface area (Å²) >= 11 is 0. The predicted octanol–water partition coefficient (Wildman–Crippen LogP) is 10.8. The van der Waals surface area contributed by atoms with Crippen molar-refractivity contribution in [3.05, 3.63) is 37.5 Å². The molecule has 312 valence electrons. The average molecular weight is 775 g/mol. The van der Waals surface area contributed by atoms with Gasteiger partial charge in [0.2, 0.25) is 0 Å². The summed E-state index contributed by atoms with van der Waals surface area (Å²) in [5.41, 5.74) is 0. The van der Waals surface area contributed by atoms with Gasteiger partial charge in [0.15, 0.2) is 6.29 Å². The first kappa shape index (κ1) is 50.1. The Kier molecular flexibility index (Phi) is 32.5. The number of methoxy groups -OCH3 is 2. The summed E-state index contributed by atoms with van der Waals surface area (Å²) in [5.74, 6) is 0. The molecule has 1 aliphatic rings. The SMILES string of the molecule is C=CCOP(=O)(OCC=C)O[C@H]1[C@H](OCC[C@@H](CCCCCCC)OC)[C@@H](OCCCCCCCCCCC=CCCCCCC)C(O)O[C@@H]1COC. The molecule has 0 bridgehead atoms. The van der Waals surface area contributed by atoms with Crippen LogP contribution >= 0.6 is 7.82 Å². The molecule has 0 saturated carbocycles. The number of aliphatic hydroxyl groups excluding tert-OH is 1. The third-order valence-corrected chi connectivity index (χ3v) is 11.0. The minimum absolute atomic E-state index is 0.0230. The van der Waals surface area contributed by atoms with E-state index in [9.17, 15) is 9.67 Å². The van der Waals surface area contributed by atoms with Crippen LogP contribution in [0, 0.1) is 0 Å². The molecule has 1 heterocycles. The number of hydrogen-bond acceptors (Lipinski definition) is 10. The molecule has 0 spiro atoms. The smallest absolute Gasteiger partial charge is 0.382 e. The van der Waals surface area contributed by atoms with E-state index in [4.69, 9.17) is 37.3 Å². The van der Waals surface area contributed by atoms with Gasteiger partial charge in [-0.2, -0.15) is 0 Å². The number of phosphoric ester groups is 1. The third kappa shape index (κ3) is 24.4. The molecule has 0 aliphatic carbocycles. The zero-order valence-corrected chi connectivity index (χ0v) is 35.0. The topological polar surface area (TPSA) is 111 Å². The molecular weight excluding hydrogens is 695 g/mol. The summed E-state index contributed by atoms with van der Waals surface area (Å²) in [5, 5.41) is 11.2. The van der Waals surface area contributed by atoms with Crippen LogP contribution in [0.4, 0.5) is 0 Å². The van der Waals surface area contributed by atoms with Gasteiger partial charge in [0.05, 0.1) is 25.9 Å². The molecular formula is C42H79O10P. The van der Waals surface area contributed by atoms with Gasteiger partial charge in [0.1, 0.15) is 24.4 Å². The van der Waals surface area contributed by atoms with E-state index in [2.05, 4.69) is 39.2 Å². The van der Waals surface area contributed by atoms with Crippen molar-refractivity contribution >= 4 is 7.82 Å². The van der Waals surface area contributed by atoms with Crippen LogP contribution in [-0.4, -0.2) is 89.2 Å². The first-order valence-electron chi connectivity index (χ1n) is 20.9. The largest absolute Gasteiger partial charge is 0.475 e. The van der Waals surface area contributed by atoms with Gasteiger partial charge in [-0.05, 0) is 44.9 Å². The van der Waals surface area contributed by atoms with Crippen LogP contribution in [0.25, 0.3) is 0 Å². The van der Waals surface area contributed by atoms with Crippen LogP contribution in [0.5, 0.6) is 0 Å². The molecule has 1 saturated heterocycles. The predicted molar refractivity (Wildman–Crippen MR) is 215 cm³/mol. The van der Waals surface area contributed by atoms with E-state index in [1.54, 1.807) is 7.11 Å². The fraction of sp³-hybridized carbons (Fsp3) is 0.857. The van der Waals surface area contributed by atoms with Crippen molar-refractivity contribution in [2.24, 2.45) is 0 Å². The second kappa shape index (κ2) is 34.3. The Morgan fingerprint density at radius 3 is 1.77 bits per heavy atom. The summed E-state index contributed by atoms with van der Waals surface area (Å²) in [7, 11) is -0.892. The van der Waals surface area contributed by atoms with Crippen LogP contribution in [-0.2, 0) is 41.8 Å². The van der Waals surface area contributed by atoms with E-state index in [0.29, 0.717) is 19.6 Å². The number of allylic oxidation sites excluding steroid dienone is 2. The molecule has 0 amide bonds. The van der Waals surface area contributed by atoms with Gasteiger partial charge in [-0.25, -0.2) is 4.57 Å². The van der Waals surface area contributed by atoms with E-state index in [-0.39, 0.29) is 25.9 Å². The van der Waals surface area contributed by atoms with E-state index >= 15 is 0 Å². The summed E-state index contributed by atoms with van der Waals surface area (Å²) in [6.07, 6.45) is 27.3. The number of unbranched alkanes of at least 4 members (excludes halogenated alkanes) is 16. The van der Waals surface area contributed by atoms with Crippen LogP contribution in [0.2, 0.25) is 0 Å². The standard InChI is InChI=1S/C42H79O10P/c1-7-11-13-15-16-17-18-19-20-21-22-23-24-25-27-29-34-47-41-40(48-35-31-37(46-6)30-28-26-14-12-8-2)39(38(36-45-5)51-42(41)43)52-53(44,49-32-9-3)50-33-10-4/h9-10,17-18,37-43H,3-4,7-8,11-16,19-36H2,1-2,5-6H3/t37-,38-,39-,40+,41-,42?/m1/s1. The summed E-state index contributed by atoms with van der Waals surface area (Å²) in [4.78, 5) is 0. The van der Waals surface area contributed by atoms with Crippen molar-refractivity contribution < 1.29 is 46.9 Å². The summed E-state index contributed by atoms with van der Waals surface area (Å²) in [6.45, 7) is 12.4. The fourth-order valence-electron chi connectivity index (χ4n) is 6.48. The molecule has 1 unspecified atom stereocenters. The highest BCUT2D eigenvalue weighted by Crippen LogP contribution is 2.52. The number of ether oxygens (including phenoxy) is 5. The van der Waals surface area contributed by atoms with Crippen LogP contribution in [0.15, 0.2) is 37.5 Å². The quantitative estimate of drug-likeness (QED) is 0.0370. The second-order valence-electron chi connectivity index (χ2n) is 14.2. The highest BCUT2D eigenvalue weighted by molar-refractivity contribution is 7.48. The monoisotopic (exact) mass is 775 g/mol. The minimum Gasteiger partial charge on any atom is -0.382 e. The molecule has 0 aromatic heterocycles. The molecule has 0 radical (unpaired) electrons. The zero-order valence-electron chi connectivity index (χ0n) is 34.1. The highest BCUT2D eigenvalue weighted by atomic mass is 31.2. The van der Waals surface area contributed by atoms with E-state index in [0.717, 1.165) is 32.1 Å². The molecule has 0 aromatic carbocycles. The van der Waals surface area contributed by atoms with Gasteiger partial charge < -0.3 is 28.8 Å². The Morgan fingerprint density at radius 1 is 0.679 bits per heavy atom. The van der Waals surface area contributed by atoms with E-state index in [1.807, 2.05) is 0 Å². The first-order chi connectivity index (χ1) is 25.9. The van der Waals surface area contributed by atoms with Crippen molar-refractivity contribution in [1.82, 2.24) is 0 Å². The Labute approximate surface area is 324 Å². The lowest BCUT2D eigenvalue weighted by Gasteiger charge is -2.44. The Balaban J connectivity index is 2.78. The van der Waals surface area contributed by atoms with Crippen LogP contribution in [0.3, 0.4) is 0 Å². The fourth-order valence-corrected chi connectivity index (χ4v) is 7.81. The van der Waals surface area contributed by atoms with Gasteiger partial charge in [-0.3, -0.25) is 13.6 Å². The molecule has 1 fully saturated rings. The van der Waals surface area contributed by atoms with Gasteiger partial charge in [-0.15, -0.1) is 13.2 Å². The van der Waals surface area contributed by atoms with E-state index in [1.165, 1.54) is 116 Å². The Morgan fingerprint density at radius 2 is 1.21 bits per heavy atom. The average Bonchev–Trinajstić information content (AvgIpc) is 3.15. The minimum atomic E-state index is -4.14. The summed E-state index contributed by atoms with van der Waals surface area (Å²) < 4.78 is 60.8. The van der Waals surface area contributed by atoms with Crippen molar-refractivity contribution in [1.29, 1.82) is 0 Å². The van der Waals surface area contributed by atoms with Gasteiger partial charge in [-0.1, -0.05) is 128 Å².